The van der Waals surface area contributed by atoms with Crippen molar-refractivity contribution in [2.75, 3.05) is 26.2 Å². The van der Waals surface area contributed by atoms with Crippen molar-refractivity contribution < 1.29 is 22.7 Å². The second kappa shape index (κ2) is 11.3. The van der Waals surface area contributed by atoms with Gasteiger partial charge in [0.05, 0.1) is 17.1 Å². The lowest BCUT2D eigenvalue weighted by molar-refractivity contribution is -0.153. The molecule has 1 N–H and O–H groups in total. The number of fused-ring (bicyclic) bond motifs is 1. The van der Waals surface area contributed by atoms with E-state index in [9.17, 15) is 18.0 Å². The average Bonchev–Trinajstić information content (AvgIpc) is 3.32. The lowest BCUT2D eigenvalue weighted by Gasteiger charge is -2.30. The number of nitrogens with zero attached hydrogens (tertiary/aromatic N) is 3. The Labute approximate surface area is 205 Å². The summed E-state index contributed by atoms with van der Waals surface area (Å²) < 4.78 is 41.9. The Morgan fingerprint density at radius 3 is 2.68 bits per heavy atom. The van der Waals surface area contributed by atoms with Crippen molar-refractivity contribution in [2.45, 2.75) is 70.5 Å². The first kappa shape index (κ1) is 25.4. The Morgan fingerprint density at radius 2 is 1.97 bits per heavy atom. The van der Waals surface area contributed by atoms with Crippen LogP contribution in [0.25, 0.3) is 0 Å². The minimum atomic E-state index is -4.34. The topological polar surface area (TPSA) is 67.4 Å². The molecule has 0 radical (unpaired) electrons. The largest absolute Gasteiger partial charge is 0.460 e. The SMILES string of the molecule is Cc1ncc(CC(=O)N[C@H]2CC[C@H](CCN3CCc4nc(OCC(F)(F)F)sc4CC3)CC2)s1. The molecule has 2 aliphatic rings. The van der Waals surface area contributed by atoms with Crippen molar-refractivity contribution in [1.82, 2.24) is 20.2 Å². The van der Waals surface area contributed by atoms with E-state index in [4.69, 9.17) is 4.74 Å². The van der Waals surface area contributed by atoms with Gasteiger partial charge in [-0.2, -0.15) is 13.2 Å². The van der Waals surface area contributed by atoms with Gasteiger partial charge in [0.15, 0.2) is 6.61 Å². The first-order chi connectivity index (χ1) is 16.2. The predicted molar refractivity (Wildman–Crippen MR) is 127 cm³/mol. The van der Waals surface area contributed by atoms with Gasteiger partial charge in [0.25, 0.3) is 5.19 Å². The molecule has 0 bridgehead atoms. The lowest BCUT2D eigenvalue weighted by atomic mass is 9.84. The summed E-state index contributed by atoms with van der Waals surface area (Å²) in [5.41, 5.74) is 0.884. The van der Waals surface area contributed by atoms with Gasteiger partial charge in [-0.3, -0.25) is 4.79 Å². The van der Waals surface area contributed by atoms with Crippen molar-refractivity contribution >= 4 is 28.6 Å². The van der Waals surface area contributed by atoms with Crippen LogP contribution in [0.15, 0.2) is 6.20 Å². The summed E-state index contributed by atoms with van der Waals surface area (Å²) >= 11 is 2.82. The summed E-state index contributed by atoms with van der Waals surface area (Å²) in [6.07, 6.45) is 4.87. The first-order valence-electron chi connectivity index (χ1n) is 11.8. The highest BCUT2D eigenvalue weighted by Gasteiger charge is 2.30. The van der Waals surface area contributed by atoms with Crippen LogP contribution in [0.4, 0.5) is 13.2 Å². The summed E-state index contributed by atoms with van der Waals surface area (Å²) in [6.45, 7) is 3.46. The molecule has 2 aromatic heterocycles. The highest BCUT2D eigenvalue weighted by molar-refractivity contribution is 7.13. The van der Waals surface area contributed by atoms with Crippen LogP contribution in [-0.2, 0) is 24.1 Å². The number of carbonyl (C=O) groups is 1. The molecule has 1 saturated carbocycles. The zero-order chi connectivity index (χ0) is 24.1. The monoisotopic (exact) mass is 516 g/mol. The van der Waals surface area contributed by atoms with Gasteiger partial charge in [-0.25, -0.2) is 9.97 Å². The van der Waals surface area contributed by atoms with Crippen LogP contribution in [0.3, 0.4) is 0 Å². The van der Waals surface area contributed by atoms with Crippen molar-refractivity contribution in [3.63, 3.8) is 0 Å². The molecule has 1 aliphatic heterocycles. The van der Waals surface area contributed by atoms with Crippen LogP contribution in [0.5, 0.6) is 5.19 Å². The number of thiazole rings is 2. The molecule has 188 valence electrons. The maximum atomic E-state index is 12.4. The smallest absolute Gasteiger partial charge is 0.422 e. The molecule has 1 aliphatic carbocycles. The van der Waals surface area contributed by atoms with Crippen LogP contribution in [-0.4, -0.2) is 59.2 Å². The van der Waals surface area contributed by atoms with Crippen LogP contribution < -0.4 is 10.1 Å². The lowest BCUT2D eigenvalue weighted by Crippen LogP contribution is -2.38. The summed E-state index contributed by atoms with van der Waals surface area (Å²) in [6, 6.07) is 0.270. The summed E-state index contributed by atoms with van der Waals surface area (Å²) in [5, 5.41) is 4.30. The van der Waals surface area contributed by atoms with Gasteiger partial charge < -0.3 is 15.0 Å². The number of aryl methyl sites for hydroxylation is 1. The number of ether oxygens (including phenoxy) is 1. The number of nitrogens with one attached hydrogen (secondary N) is 1. The summed E-state index contributed by atoms with van der Waals surface area (Å²) in [5.74, 6) is 0.764. The zero-order valence-electron chi connectivity index (χ0n) is 19.3. The number of alkyl halides is 3. The van der Waals surface area contributed by atoms with Crippen molar-refractivity contribution in [3.05, 3.63) is 26.7 Å². The molecule has 0 saturated heterocycles. The highest BCUT2D eigenvalue weighted by atomic mass is 32.1. The minimum absolute atomic E-state index is 0.0877. The Kier molecular flexibility index (Phi) is 8.47. The number of aromatic nitrogens is 2. The molecule has 1 fully saturated rings. The van der Waals surface area contributed by atoms with Crippen molar-refractivity contribution in [1.29, 1.82) is 0 Å². The molecule has 0 spiro atoms. The van der Waals surface area contributed by atoms with Gasteiger partial charge in [-0.1, -0.05) is 11.3 Å². The number of rotatable bonds is 8. The second-order valence-electron chi connectivity index (χ2n) is 9.19. The number of amides is 1. The van der Waals surface area contributed by atoms with Gasteiger partial charge >= 0.3 is 6.18 Å². The normalized spacial score (nSPS) is 21.6. The molecule has 34 heavy (non-hydrogen) atoms. The number of hydrogen-bond acceptors (Lipinski definition) is 7. The van der Waals surface area contributed by atoms with E-state index in [1.165, 1.54) is 11.3 Å². The van der Waals surface area contributed by atoms with Crippen molar-refractivity contribution in [2.24, 2.45) is 5.92 Å². The predicted octanol–water partition coefficient (Wildman–Crippen LogP) is 4.56. The van der Waals surface area contributed by atoms with E-state index in [1.807, 2.05) is 6.92 Å². The molecule has 11 heteroatoms. The van der Waals surface area contributed by atoms with E-state index < -0.39 is 12.8 Å². The quantitative estimate of drug-likeness (QED) is 0.557. The first-order valence-corrected chi connectivity index (χ1v) is 13.5. The fraction of sp³-hybridized carbons (Fsp3) is 0.696. The third-order valence-corrected chi connectivity index (χ3v) is 8.49. The molecule has 1 amide bonds. The third-order valence-electron chi connectivity index (χ3n) is 6.51. The van der Waals surface area contributed by atoms with E-state index in [0.29, 0.717) is 12.3 Å². The zero-order valence-corrected chi connectivity index (χ0v) is 21.0. The van der Waals surface area contributed by atoms with Gasteiger partial charge in [0.1, 0.15) is 0 Å². The van der Waals surface area contributed by atoms with Gasteiger partial charge in [0.2, 0.25) is 5.91 Å². The molecule has 6 nitrogen and oxygen atoms in total. The van der Waals surface area contributed by atoms with Crippen LogP contribution in [0, 0.1) is 12.8 Å². The number of halogens is 3. The van der Waals surface area contributed by atoms with E-state index in [-0.39, 0.29) is 17.1 Å². The molecule has 0 unspecified atom stereocenters. The molecule has 4 rings (SSSR count). The van der Waals surface area contributed by atoms with Gasteiger partial charge in [-0.15, -0.1) is 11.3 Å². The van der Waals surface area contributed by atoms with E-state index >= 15 is 0 Å². The van der Waals surface area contributed by atoms with E-state index in [1.54, 1.807) is 17.5 Å². The molecule has 3 heterocycles. The summed E-state index contributed by atoms with van der Waals surface area (Å²) in [7, 11) is 0. The maximum Gasteiger partial charge on any atom is 0.422 e. The standard InChI is InChI=1S/C23H31F3N4O2S2/c1-15-27-13-18(33-15)12-21(31)28-17-4-2-16(3-5-17)6-9-30-10-7-19-20(8-11-30)34-22(29-19)32-14-23(24,25)26/h13,16-17H,2-12,14H2,1H3,(H,28,31)/t16-,17-. The Hall–Kier alpha value is -1.72. The minimum Gasteiger partial charge on any atom is -0.460 e. The van der Waals surface area contributed by atoms with Crippen LogP contribution in [0.1, 0.15) is 52.6 Å². The Balaban J connectivity index is 1.13. The van der Waals surface area contributed by atoms with E-state index in [2.05, 4.69) is 20.2 Å². The second-order valence-corrected chi connectivity index (χ2v) is 11.6. The average molecular weight is 517 g/mol. The molecular formula is C23H31F3N4O2S2. The van der Waals surface area contributed by atoms with Gasteiger partial charge in [0, 0.05) is 41.5 Å². The Bertz CT molecular complexity index is 929. The molecule has 0 atom stereocenters. The van der Waals surface area contributed by atoms with Gasteiger partial charge in [-0.05, 0) is 57.9 Å². The highest BCUT2D eigenvalue weighted by Crippen LogP contribution is 2.31. The Morgan fingerprint density at radius 1 is 1.21 bits per heavy atom. The fourth-order valence-corrected chi connectivity index (χ4v) is 6.44. The number of hydrogen-bond donors (Lipinski definition) is 1. The number of carbonyl (C=O) groups excluding carboxylic acids is 1. The van der Waals surface area contributed by atoms with Crippen LogP contribution >= 0.6 is 22.7 Å². The molecular weight excluding hydrogens is 485 g/mol. The molecule has 2 aromatic rings. The van der Waals surface area contributed by atoms with E-state index in [0.717, 1.165) is 85.0 Å². The van der Waals surface area contributed by atoms with Crippen LogP contribution in [0.2, 0.25) is 0 Å². The fourth-order valence-electron chi connectivity index (χ4n) is 4.70. The third kappa shape index (κ3) is 7.64. The van der Waals surface area contributed by atoms with Crippen molar-refractivity contribution in [3.8, 4) is 5.19 Å². The summed E-state index contributed by atoms with van der Waals surface area (Å²) in [4.78, 5) is 25.3. The maximum absolute atomic E-state index is 12.4. The molecule has 0 aromatic carbocycles.